The van der Waals surface area contributed by atoms with Crippen molar-refractivity contribution in [2.24, 2.45) is 0 Å². The molecule has 0 saturated heterocycles. The van der Waals surface area contributed by atoms with Gasteiger partial charge in [-0.3, -0.25) is 4.79 Å². The minimum atomic E-state index is -1.03. The van der Waals surface area contributed by atoms with Crippen LogP contribution < -0.4 is 4.74 Å². The standard InChI is InChI=1S/C12H9F2NO4/c13-9-2-1-8(4-10(9)14)18-6-11-15-7(5-19-11)3-12(16)17/h1-2,4-5H,3,6H2,(H,16,17). The van der Waals surface area contributed by atoms with Crippen LogP contribution in [0.4, 0.5) is 8.78 Å². The smallest absolute Gasteiger partial charge is 0.309 e. The van der Waals surface area contributed by atoms with E-state index in [2.05, 4.69) is 4.98 Å². The Hall–Kier alpha value is -2.44. The molecule has 0 unspecified atom stereocenters. The Labute approximate surface area is 106 Å². The van der Waals surface area contributed by atoms with E-state index in [0.29, 0.717) is 0 Å². The van der Waals surface area contributed by atoms with Crippen LogP contribution >= 0.6 is 0 Å². The fourth-order valence-corrected chi connectivity index (χ4v) is 1.36. The Morgan fingerprint density at radius 1 is 1.37 bits per heavy atom. The van der Waals surface area contributed by atoms with Crippen LogP contribution in [0.25, 0.3) is 0 Å². The maximum absolute atomic E-state index is 12.9. The van der Waals surface area contributed by atoms with Crippen molar-refractivity contribution in [3.63, 3.8) is 0 Å². The molecule has 1 N–H and O–H groups in total. The number of nitrogens with zero attached hydrogens (tertiary/aromatic N) is 1. The number of benzene rings is 1. The van der Waals surface area contributed by atoms with Gasteiger partial charge in [0.2, 0.25) is 5.89 Å². The second-order valence-corrected chi connectivity index (χ2v) is 3.67. The minimum Gasteiger partial charge on any atom is -0.484 e. The summed E-state index contributed by atoms with van der Waals surface area (Å²) < 4.78 is 35.7. The lowest BCUT2D eigenvalue weighted by Gasteiger charge is -2.03. The number of aliphatic carboxylic acids is 1. The molecular formula is C12H9F2NO4. The average Bonchev–Trinajstić information content (AvgIpc) is 2.77. The molecule has 0 amide bonds. The van der Waals surface area contributed by atoms with E-state index in [1.54, 1.807) is 0 Å². The molecule has 0 fully saturated rings. The second-order valence-electron chi connectivity index (χ2n) is 3.67. The number of hydrogen-bond acceptors (Lipinski definition) is 4. The second kappa shape index (κ2) is 5.47. The Bertz CT molecular complexity index is 597. The first-order valence-electron chi connectivity index (χ1n) is 5.27. The molecule has 0 radical (unpaired) electrons. The Kier molecular flexibility index (Phi) is 3.74. The highest BCUT2D eigenvalue weighted by Gasteiger charge is 2.09. The van der Waals surface area contributed by atoms with Gasteiger partial charge >= 0.3 is 5.97 Å². The van der Waals surface area contributed by atoms with Crippen molar-refractivity contribution in [3.05, 3.63) is 47.7 Å². The molecule has 2 rings (SSSR count). The molecule has 2 aromatic rings. The number of carboxylic acids is 1. The molecule has 0 saturated carbocycles. The van der Waals surface area contributed by atoms with Crippen LogP contribution in [-0.2, 0) is 17.8 Å². The first kappa shape index (κ1) is 13.0. The predicted octanol–water partition coefficient (Wildman–Crippen LogP) is 2.16. The Balaban J connectivity index is 1.96. The van der Waals surface area contributed by atoms with Crippen LogP contribution in [0, 0.1) is 11.6 Å². The normalized spacial score (nSPS) is 10.4. The van der Waals surface area contributed by atoms with Crippen LogP contribution in [-0.4, -0.2) is 16.1 Å². The third-order valence-corrected chi connectivity index (χ3v) is 2.19. The van der Waals surface area contributed by atoms with Crippen molar-refractivity contribution in [2.45, 2.75) is 13.0 Å². The zero-order valence-electron chi connectivity index (χ0n) is 9.60. The molecule has 19 heavy (non-hydrogen) atoms. The number of carboxylic acid groups (broad SMARTS) is 1. The maximum Gasteiger partial charge on any atom is 0.309 e. The molecule has 0 spiro atoms. The summed E-state index contributed by atoms with van der Waals surface area (Å²) in [4.78, 5) is 14.3. The van der Waals surface area contributed by atoms with Crippen molar-refractivity contribution in [2.75, 3.05) is 0 Å². The summed E-state index contributed by atoms with van der Waals surface area (Å²) in [7, 11) is 0. The van der Waals surface area contributed by atoms with Gasteiger partial charge in [-0.15, -0.1) is 0 Å². The van der Waals surface area contributed by atoms with Crippen molar-refractivity contribution in [1.29, 1.82) is 0 Å². The summed E-state index contributed by atoms with van der Waals surface area (Å²) in [5, 5.41) is 8.55. The van der Waals surface area contributed by atoms with E-state index in [4.69, 9.17) is 14.3 Å². The topological polar surface area (TPSA) is 72.6 Å². The highest BCUT2D eigenvalue weighted by atomic mass is 19.2. The molecule has 5 nitrogen and oxygen atoms in total. The fourth-order valence-electron chi connectivity index (χ4n) is 1.36. The van der Waals surface area contributed by atoms with E-state index in [1.165, 1.54) is 12.3 Å². The Morgan fingerprint density at radius 2 is 2.16 bits per heavy atom. The highest BCUT2D eigenvalue weighted by Crippen LogP contribution is 2.16. The van der Waals surface area contributed by atoms with Gasteiger partial charge in [-0.25, -0.2) is 13.8 Å². The van der Waals surface area contributed by atoms with E-state index in [-0.39, 0.29) is 30.4 Å². The van der Waals surface area contributed by atoms with Gasteiger partial charge < -0.3 is 14.3 Å². The molecule has 0 aliphatic rings. The summed E-state index contributed by atoms with van der Waals surface area (Å²) in [6.07, 6.45) is 0.951. The van der Waals surface area contributed by atoms with Crippen LogP contribution in [0.15, 0.2) is 28.9 Å². The number of rotatable bonds is 5. The van der Waals surface area contributed by atoms with Gasteiger partial charge in [0, 0.05) is 6.07 Å². The summed E-state index contributed by atoms with van der Waals surface area (Å²) in [5.74, 6) is -2.73. The largest absolute Gasteiger partial charge is 0.484 e. The van der Waals surface area contributed by atoms with Crippen molar-refractivity contribution >= 4 is 5.97 Å². The van der Waals surface area contributed by atoms with E-state index < -0.39 is 17.6 Å². The Morgan fingerprint density at radius 3 is 2.84 bits per heavy atom. The van der Waals surface area contributed by atoms with Gasteiger partial charge in [-0.05, 0) is 12.1 Å². The lowest BCUT2D eigenvalue weighted by molar-refractivity contribution is -0.136. The van der Waals surface area contributed by atoms with Crippen LogP contribution in [0.3, 0.4) is 0 Å². The summed E-state index contributed by atoms with van der Waals surface area (Å²) >= 11 is 0. The quantitative estimate of drug-likeness (QED) is 0.900. The number of halogens is 2. The molecule has 0 atom stereocenters. The lowest BCUT2D eigenvalue weighted by Crippen LogP contribution is -2.01. The first-order chi connectivity index (χ1) is 9.04. The number of carbonyl (C=O) groups is 1. The SMILES string of the molecule is O=C(O)Cc1coc(COc2ccc(F)c(F)c2)n1. The van der Waals surface area contributed by atoms with Crippen LogP contribution in [0.1, 0.15) is 11.6 Å². The van der Waals surface area contributed by atoms with E-state index >= 15 is 0 Å². The van der Waals surface area contributed by atoms with Crippen molar-refractivity contribution in [3.8, 4) is 5.75 Å². The third kappa shape index (κ3) is 3.51. The monoisotopic (exact) mass is 269 g/mol. The number of hydrogen-bond donors (Lipinski definition) is 1. The zero-order valence-corrected chi connectivity index (χ0v) is 9.60. The number of oxazole rings is 1. The molecule has 7 heteroatoms. The molecule has 0 aliphatic heterocycles. The zero-order chi connectivity index (χ0) is 13.8. The van der Waals surface area contributed by atoms with Gasteiger partial charge in [-0.1, -0.05) is 0 Å². The molecular weight excluding hydrogens is 260 g/mol. The van der Waals surface area contributed by atoms with Gasteiger partial charge in [-0.2, -0.15) is 0 Å². The van der Waals surface area contributed by atoms with Crippen LogP contribution in [0.2, 0.25) is 0 Å². The predicted molar refractivity (Wildman–Crippen MR) is 58.5 cm³/mol. The fraction of sp³-hybridized carbons (Fsp3) is 0.167. The summed E-state index contributed by atoms with van der Waals surface area (Å²) in [6, 6.07) is 3.10. The van der Waals surface area contributed by atoms with Gasteiger partial charge in [0.25, 0.3) is 0 Å². The first-order valence-corrected chi connectivity index (χ1v) is 5.27. The average molecular weight is 269 g/mol. The van der Waals surface area contributed by atoms with Gasteiger partial charge in [0.05, 0.1) is 12.1 Å². The van der Waals surface area contributed by atoms with E-state index in [0.717, 1.165) is 12.1 Å². The molecule has 0 bridgehead atoms. The molecule has 100 valence electrons. The molecule has 1 aromatic heterocycles. The van der Waals surface area contributed by atoms with Crippen LogP contribution in [0.5, 0.6) is 5.75 Å². The number of aromatic nitrogens is 1. The van der Waals surface area contributed by atoms with Gasteiger partial charge in [0.15, 0.2) is 18.2 Å². The highest BCUT2D eigenvalue weighted by molar-refractivity contribution is 5.69. The third-order valence-electron chi connectivity index (χ3n) is 2.19. The maximum atomic E-state index is 12.9. The molecule has 1 heterocycles. The van der Waals surface area contributed by atoms with Gasteiger partial charge in [0.1, 0.15) is 12.0 Å². The summed E-state index contributed by atoms with van der Waals surface area (Å²) in [5.41, 5.74) is 0.261. The van der Waals surface area contributed by atoms with Crippen molar-refractivity contribution < 1.29 is 27.8 Å². The summed E-state index contributed by atoms with van der Waals surface area (Å²) in [6.45, 7) is -0.106. The lowest BCUT2D eigenvalue weighted by atomic mass is 10.3. The van der Waals surface area contributed by atoms with E-state index in [1.807, 2.05) is 0 Å². The van der Waals surface area contributed by atoms with Crippen molar-refractivity contribution in [1.82, 2.24) is 4.98 Å². The van der Waals surface area contributed by atoms with E-state index in [9.17, 15) is 13.6 Å². The molecule has 1 aromatic carbocycles. The number of ether oxygens (including phenoxy) is 1. The minimum absolute atomic E-state index is 0.106. The molecule has 0 aliphatic carbocycles.